The topological polar surface area (TPSA) is 188 Å². The van der Waals surface area contributed by atoms with Crippen LogP contribution >= 0.6 is 0 Å². The Morgan fingerprint density at radius 1 is 1.06 bits per heavy atom. The molecule has 0 radical (unpaired) electrons. The Morgan fingerprint density at radius 3 is 2.69 bits per heavy atom. The number of phenols is 1. The van der Waals surface area contributed by atoms with Crippen LogP contribution in [0.1, 0.15) is 74.9 Å². The second-order valence-corrected chi connectivity index (χ2v) is 15.1. The van der Waals surface area contributed by atoms with Crippen LogP contribution in [-0.2, 0) is 21.4 Å². The largest absolute Gasteiger partial charge is 0.506 e. The van der Waals surface area contributed by atoms with Gasteiger partial charge in [0.15, 0.2) is 23.4 Å². The first-order valence-corrected chi connectivity index (χ1v) is 18.4. The predicted molar refractivity (Wildman–Crippen MR) is 198 cm³/mol. The Balaban J connectivity index is 1.27. The van der Waals surface area contributed by atoms with E-state index in [0.717, 1.165) is 38.9 Å². The van der Waals surface area contributed by atoms with Crippen molar-refractivity contribution in [2.24, 2.45) is 5.92 Å². The van der Waals surface area contributed by atoms with E-state index in [4.69, 9.17) is 23.5 Å². The molecule has 3 aromatic heterocycles. The number of ether oxygens (including phenoxy) is 1. The minimum absolute atomic E-state index is 0.102. The normalized spacial score (nSPS) is 21.8. The average molecular weight is 727 g/mol. The summed E-state index contributed by atoms with van der Waals surface area (Å²) in [5.74, 6) is 0.824. The van der Waals surface area contributed by atoms with Gasteiger partial charge in [0.25, 0.3) is 5.91 Å². The van der Waals surface area contributed by atoms with Gasteiger partial charge in [-0.25, -0.2) is 9.97 Å². The van der Waals surface area contributed by atoms with E-state index >= 15 is 0 Å². The smallest absolute Gasteiger partial charge is 0.252 e. The molecule has 3 aromatic carbocycles. The van der Waals surface area contributed by atoms with E-state index in [-0.39, 0.29) is 42.7 Å². The fraction of sp³-hybridized carbons (Fsp3) is 0.317. The van der Waals surface area contributed by atoms with Crippen LogP contribution in [0.2, 0.25) is 0 Å². The Hall–Kier alpha value is -6.08. The summed E-state index contributed by atoms with van der Waals surface area (Å²) < 4.78 is 20.4. The molecule has 274 valence electrons. The lowest BCUT2D eigenvalue weighted by atomic mass is 9.72. The standard InChI is InChI=1S/C41H38N6O7/c1-5-40(51,6-2)38(50)44-25-15-19-10-13-27-24(14-19)41-23-9-7-8-21(31(23)47-39(41)53-27)20-11-12-26(48)32-29(20)22(16-42-32)28-17-43-36(52-28)33-34(41)54-37(46-33)30(18(3)4)45-35(25)49/h7-14,16-18,25,30,39,42,47-48,51H,5-6,15H2,1-4H3,(H,44,50)(H,45,49)/t25-,30-,39?,41-/m0/s1. The third-order valence-corrected chi connectivity index (χ3v) is 11.8. The molecule has 10 bridgehead atoms. The van der Waals surface area contributed by atoms with Crippen molar-refractivity contribution in [2.75, 3.05) is 5.32 Å². The fourth-order valence-electron chi connectivity index (χ4n) is 8.77. The summed E-state index contributed by atoms with van der Waals surface area (Å²) in [5.41, 5.74) is 3.87. The Bertz CT molecular complexity index is 2560. The van der Waals surface area contributed by atoms with Gasteiger partial charge in [0.2, 0.25) is 17.7 Å². The van der Waals surface area contributed by atoms with E-state index in [1.54, 1.807) is 32.3 Å². The first-order valence-electron chi connectivity index (χ1n) is 18.4. The number of amides is 2. The number of aromatic hydroxyl groups is 1. The highest BCUT2D eigenvalue weighted by molar-refractivity contribution is 6.09. The zero-order chi connectivity index (χ0) is 37.3. The minimum Gasteiger partial charge on any atom is -0.506 e. The zero-order valence-corrected chi connectivity index (χ0v) is 30.0. The number of hydrogen-bond donors (Lipinski definition) is 6. The molecule has 4 aliphatic heterocycles. The van der Waals surface area contributed by atoms with Crippen molar-refractivity contribution in [3.8, 4) is 45.5 Å². The summed E-state index contributed by atoms with van der Waals surface area (Å²) in [6.07, 6.45) is 3.27. The number of carbonyl (C=O) groups is 2. The lowest BCUT2D eigenvalue weighted by Gasteiger charge is -2.30. The highest BCUT2D eigenvalue weighted by Crippen LogP contribution is 2.61. The summed E-state index contributed by atoms with van der Waals surface area (Å²) >= 11 is 0. The van der Waals surface area contributed by atoms with Crippen molar-refractivity contribution >= 4 is 28.4 Å². The number of carbonyl (C=O) groups excluding carboxylic acids is 2. The molecule has 6 aromatic rings. The summed E-state index contributed by atoms with van der Waals surface area (Å²) in [6.45, 7) is 7.39. The number of nitrogens with one attached hydrogen (secondary N) is 4. The number of oxazole rings is 2. The van der Waals surface area contributed by atoms with Gasteiger partial charge in [-0.05, 0) is 48.1 Å². The Morgan fingerprint density at radius 2 is 1.89 bits per heavy atom. The van der Waals surface area contributed by atoms with E-state index < -0.39 is 41.1 Å². The molecule has 10 rings (SSSR count). The van der Waals surface area contributed by atoms with Crippen LogP contribution in [0.3, 0.4) is 0 Å². The lowest BCUT2D eigenvalue weighted by molar-refractivity contribution is -0.143. The molecule has 13 heteroatoms. The number of H-pyrrole nitrogens is 1. The van der Waals surface area contributed by atoms with Crippen molar-refractivity contribution in [2.45, 2.75) is 76.3 Å². The number of aromatic nitrogens is 3. The van der Waals surface area contributed by atoms with Gasteiger partial charge in [-0.2, -0.15) is 0 Å². The van der Waals surface area contributed by atoms with Gasteiger partial charge in [0.1, 0.15) is 34.6 Å². The molecule has 1 spiro atoms. The van der Waals surface area contributed by atoms with Crippen molar-refractivity contribution in [1.29, 1.82) is 0 Å². The highest BCUT2D eigenvalue weighted by atomic mass is 16.5. The van der Waals surface area contributed by atoms with Crippen LogP contribution in [0.5, 0.6) is 11.5 Å². The number of aromatic amines is 1. The minimum atomic E-state index is -1.63. The van der Waals surface area contributed by atoms with E-state index in [1.165, 1.54) is 0 Å². The number of nitrogens with zero attached hydrogens (tertiary/aromatic N) is 2. The van der Waals surface area contributed by atoms with Gasteiger partial charge in [-0.15, -0.1) is 0 Å². The van der Waals surface area contributed by atoms with E-state index in [9.17, 15) is 19.8 Å². The number of benzene rings is 3. The molecule has 0 saturated heterocycles. The van der Waals surface area contributed by atoms with E-state index in [2.05, 4.69) is 27.0 Å². The van der Waals surface area contributed by atoms with E-state index in [1.807, 2.05) is 50.2 Å². The monoisotopic (exact) mass is 726 g/mol. The number of rotatable bonds is 5. The van der Waals surface area contributed by atoms with Gasteiger partial charge in [-0.3, -0.25) is 9.59 Å². The number of hydrogen-bond acceptors (Lipinski definition) is 10. The maximum atomic E-state index is 14.3. The molecule has 7 heterocycles. The van der Waals surface area contributed by atoms with Gasteiger partial charge in [0, 0.05) is 45.9 Å². The van der Waals surface area contributed by atoms with Crippen molar-refractivity contribution in [1.82, 2.24) is 25.6 Å². The molecule has 54 heavy (non-hydrogen) atoms. The second-order valence-electron chi connectivity index (χ2n) is 15.1. The van der Waals surface area contributed by atoms with Gasteiger partial charge >= 0.3 is 0 Å². The molecule has 0 aliphatic carbocycles. The van der Waals surface area contributed by atoms with Crippen LogP contribution in [-0.4, -0.2) is 54.9 Å². The first kappa shape index (κ1) is 32.6. The molecular formula is C41H38N6O7. The molecule has 0 fully saturated rings. The number of aliphatic hydroxyl groups is 1. The first-order chi connectivity index (χ1) is 26.0. The average Bonchev–Trinajstić information content (AvgIpc) is 3.99. The lowest BCUT2D eigenvalue weighted by Crippen LogP contribution is -2.55. The highest BCUT2D eigenvalue weighted by Gasteiger charge is 2.61. The molecule has 13 nitrogen and oxygen atoms in total. The van der Waals surface area contributed by atoms with Crippen LogP contribution in [0.15, 0.2) is 69.8 Å². The number of anilines is 1. The number of phenolic OH excluding ortho intramolecular Hbond substituents is 1. The molecule has 2 amide bonds. The van der Waals surface area contributed by atoms with Gasteiger partial charge < -0.3 is 44.7 Å². The van der Waals surface area contributed by atoms with Crippen molar-refractivity contribution in [3.63, 3.8) is 0 Å². The fourth-order valence-corrected chi connectivity index (χ4v) is 8.77. The van der Waals surface area contributed by atoms with Crippen LogP contribution in [0.4, 0.5) is 5.69 Å². The summed E-state index contributed by atoms with van der Waals surface area (Å²) in [7, 11) is 0. The zero-order valence-electron chi connectivity index (χ0n) is 30.0. The molecule has 4 aliphatic rings. The van der Waals surface area contributed by atoms with Gasteiger partial charge in [-0.1, -0.05) is 58.0 Å². The quantitative estimate of drug-likeness (QED) is 0.122. The summed E-state index contributed by atoms with van der Waals surface area (Å²) in [6, 6.07) is 13.7. The van der Waals surface area contributed by atoms with E-state index in [0.29, 0.717) is 34.0 Å². The van der Waals surface area contributed by atoms with Gasteiger partial charge in [0.05, 0.1) is 11.7 Å². The number of para-hydroxylation sites is 1. The SMILES string of the molecule is CCC(O)(CC)C(=O)N[C@H]1Cc2ccc3c(c2)[C@]24c5cccc(c5NC2O3)-c2ccc(O)c3[nH]cc(c23)-c2cnc(o2)-c2nc(oc24)[C@H](C(C)C)NC1=O. The number of fused-ring (bicyclic) bond motifs is 7. The predicted octanol–water partition coefficient (Wildman–Crippen LogP) is 6.05. The van der Waals surface area contributed by atoms with Crippen molar-refractivity contribution < 1.29 is 33.4 Å². The molecule has 6 N–H and O–H groups in total. The van der Waals surface area contributed by atoms with Crippen LogP contribution < -0.4 is 20.7 Å². The third kappa shape index (κ3) is 4.23. The second kappa shape index (κ2) is 11.2. The summed E-state index contributed by atoms with van der Waals surface area (Å²) in [4.78, 5) is 40.9. The third-order valence-electron chi connectivity index (χ3n) is 11.8. The van der Waals surface area contributed by atoms with Crippen LogP contribution in [0.25, 0.3) is 44.9 Å². The molecular weight excluding hydrogens is 688 g/mol. The maximum Gasteiger partial charge on any atom is 0.252 e. The molecule has 4 atom stereocenters. The maximum absolute atomic E-state index is 14.3. The summed E-state index contributed by atoms with van der Waals surface area (Å²) in [5, 5.41) is 32.6. The molecule has 0 saturated carbocycles. The Labute approximate surface area is 309 Å². The molecule has 1 unspecified atom stereocenters. The van der Waals surface area contributed by atoms with Crippen LogP contribution in [0, 0.1) is 5.92 Å². The van der Waals surface area contributed by atoms with Crippen molar-refractivity contribution in [3.05, 3.63) is 89.3 Å². The Kier molecular flexibility index (Phi) is 6.76.